The number of nitriles is 1. The topological polar surface area (TPSA) is 44.0 Å². The maximum Gasteiger partial charge on any atom is 0.0991 e. The van der Waals surface area contributed by atoms with Gasteiger partial charge in [0.2, 0.25) is 0 Å². The summed E-state index contributed by atoms with van der Waals surface area (Å²) in [6.07, 6.45) is 1.09. The van der Waals surface area contributed by atoms with E-state index in [1.54, 1.807) is 12.1 Å². The fourth-order valence-corrected chi connectivity index (χ4v) is 2.03. The van der Waals surface area contributed by atoms with Gasteiger partial charge in [0.15, 0.2) is 0 Å². The molecule has 2 heteroatoms. The first-order valence-electron chi connectivity index (χ1n) is 6.49. The summed E-state index contributed by atoms with van der Waals surface area (Å²) in [6.45, 7) is 2.13. The highest BCUT2D eigenvalue weighted by Gasteiger charge is 2.08. The Morgan fingerprint density at radius 3 is 2.11 bits per heavy atom. The molecule has 0 radical (unpaired) electrons. The van der Waals surface area contributed by atoms with Crippen LogP contribution in [0, 0.1) is 11.3 Å². The minimum atomic E-state index is -0.528. The van der Waals surface area contributed by atoms with Crippen molar-refractivity contribution in [1.82, 2.24) is 0 Å². The molecule has 0 aliphatic rings. The third-order valence-electron chi connectivity index (χ3n) is 3.28. The Morgan fingerprint density at radius 1 is 1.00 bits per heavy atom. The van der Waals surface area contributed by atoms with Crippen LogP contribution in [0.25, 0.3) is 0 Å². The molecule has 0 saturated heterocycles. The molecular formula is C17H17NO. The molecule has 2 rings (SSSR count). The molecule has 1 unspecified atom stereocenters. The van der Waals surface area contributed by atoms with Crippen molar-refractivity contribution < 1.29 is 5.11 Å². The Morgan fingerprint density at radius 2 is 1.58 bits per heavy atom. The fourth-order valence-electron chi connectivity index (χ4n) is 2.03. The number of hydrogen-bond donors (Lipinski definition) is 1. The second kappa shape index (κ2) is 6.17. The van der Waals surface area contributed by atoms with E-state index in [1.165, 1.54) is 5.56 Å². The first kappa shape index (κ1) is 13.3. The zero-order chi connectivity index (χ0) is 13.7. The molecular weight excluding hydrogens is 234 g/mol. The number of benzene rings is 2. The van der Waals surface area contributed by atoms with Crippen LogP contribution in [0.5, 0.6) is 0 Å². The van der Waals surface area contributed by atoms with Gasteiger partial charge in [-0.25, -0.2) is 0 Å². The van der Waals surface area contributed by atoms with Gasteiger partial charge in [-0.05, 0) is 35.2 Å². The van der Waals surface area contributed by atoms with Gasteiger partial charge in [-0.15, -0.1) is 0 Å². The number of aliphatic hydroxyl groups excluding tert-OH is 1. The molecule has 2 aromatic carbocycles. The van der Waals surface area contributed by atoms with Crippen LogP contribution in [0.15, 0.2) is 48.5 Å². The first-order chi connectivity index (χ1) is 9.22. The molecule has 0 amide bonds. The molecule has 0 spiro atoms. The lowest BCUT2D eigenvalue weighted by Gasteiger charge is -2.11. The lowest BCUT2D eigenvalue weighted by Crippen LogP contribution is -2.01. The van der Waals surface area contributed by atoms with Crippen LogP contribution in [0.4, 0.5) is 0 Å². The van der Waals surface area contributed by atoms with E-state index in [0.29, 0.717) is 12.0 Å². The van der Waals surface area contributed by atoms with E-state index in [-0.39, 0.29) is 0 Å². The van der Waals surface area contributed by atoms with Gasteiger partial charge in [0.05, 0.1) is 17.7 Å². The van der Waals surface area contributed by atoms with Crippen LogP contribution >= 0.6 is 0 Å². The summed E-state index contributed by atoms with van der Waals surface area (Å²) in [4.78, 5) is 0. The predicted molar refractivity (Wildman–Crippen MR) is 75.6 cm³/mol. The van der Waals surface area contributed by atoms with Gasteiger partial charge in [0.1, 0.15) is 0 Å². The summed E-state index contributed by atoms with van der Waals surface area (Å²) in [7, 11) is 0. The average molecular weight is 251 g/mol. The molecule has 0 bridgehead atoms. The summed E-state index contributed by atoms with van der Waals surface area (Å²) >= 11 is 0. The molecule has 0 fully saturated rings. The lowest BCUT2D eigenvalue weighted by molar-refractivity contribution is 0.178. The number of aryl methyl sites for hydroxylation is 1. The summed E-state index contributed by atoms with van der Waals surface area (Å²) in [6, 6.07) is 17.5. The summed E-state index contributed by atoms with van der Waals surface area (Å²) in [5.41, 5.74) is 3.88. The van der Waals surface area contributed by atoms with E-state index < -0.39 is 6.10 Å². The van der Waals surface area contributed by atoms with E-state index >= 15 is 0 Å². The average Bonchev–Trinajstić information content (AvgIpc) is 2.48. The van der Waals surface area contributed by atoms with Gasteiger partial charge >= 0.3 is 0 Å². The van der Waals surface area contributed by atoms with E-state index in [0.717, 1.165) is 17.5 Å². The third kappa shape index (κ3) is 3.43. The normalized spacial score (nSPS) is 11.8. The number of aliphatic hydroxyl groups is 1. The second-order valence-corrected chi connectivity index (χ2v) is 4.62. The summed E-state index contributed by atoms with van der Waals surface area (Å²) < 4.78 is 0. The molecule has 19 heavy (non-hydrogen) atoms. The number of nitrogens with zero attached hydrogens (tertiary/aromatic N) is 1. The van der Waals surface area contributed by atoms with Crippen molar-refractivity contribution >= 4 is 0 Å². The van der Waals surface area contributed by atoms with Gasteiger partial charge in [0.25, 0.3) is 0 Å². The smallest absolute Gasteiger partial charge is 0.0991 e. The minimum absolute atomic E-state index is 0.528. The third-order valence-corrected chi connectivity index (χ3v) is 3.28. The van der Waals surface area contributed by atoms with E-state index in [2.05, 4.69) is 37.3 Å². The van der Waals surface area contributed by atoms with Gasteiger partial charge < -0.3 is 5.11 Å². The minimum Gasteiger partial charge on any atom is -0.388 e. The molecule has 0 aliphatic heterocycles. The van der Waals surface area contributed by atoms with Crippen LogP contribution in [0.3, 0.4) is 0 Å². The zero-order valence-electron chi connectivity index (χ0n) is 11.0. The van der Waals surface area contributed by atoms with Crippen molar-refractivity contribution in [3.05, 3.63) is 70.8 Å². The highest BCUT2D eigenvalue weighted by Crippen LogP contribution is 2.19. The molecule has 1 N–H and O–H groups in total. The van der Waals surface area contributed by atoms with Crippen molar-refractivity contribution in [3.63, 3.8) is 0 Å². The molecule has 0 saturated carbocycles. The molecule has 0 aliphatic carbocycles. The van der Waals surface area contributed by atoms with Crippen molar-refractivity contribution in [2.45, 2.75) is 25.9 Å². The predicted octanol–water partition coefficient (Wildman–Crippen LogP) is 3.40. The van der Waals surface area contributed by atoms with E-state index in [1.807, 2.05) is 12.1 Å². The van der Waals surface area contributed by atoms with Crippen LogP contribution in [-0.2, 0) is 12.8 Å². The molecule has 0 heterocycles. The van der Waals surface area contributed by atoms with Gasteiger partial charge in [-0.1, -0.05) is 43.3 Å². The lowest BCUT2D eigenvalue weighted by atomic mass is 9.99. The summed E-state index contributed by atoms with van der Waals surface area (Å²) in [5, 5.41) is 18.9. The Kier molecular flexibility index (Phi) is 4.33. The Balaban J connectivity index is 2.06. The van der Waals surface area contributed by atoms with Crippen LogP contribution < -0.4 is 0 Å². The first-order valence-corrected chi connectivity index (χ1v) is 6.49. The molecule has 1 atom stereocenters. The molecule has 2 nitrogen and oxygen atoms in total. The Hall–Kier alpha value is -2.11. The highest BCUT2D eigenvalue weighted by molar-refractivity contribution is 5.33. The van der Waals surface area contributed by atoms with E-state index in [4.69, 9.17) is 5.26 Å². The molecule has 2 aromatic rings. The van der Waals surface area contributed by atoms with Gasteiger partial charge in [0, 0.05) is 6.42 Å². The maximum atomic E-state index is 10.2. The van der Waals surface area contributed by atoms with Gasteiger partial charge in [-0.2, -0.15) is 5.26 Å². The van der Waals surface area contributed by atoms with Crippen molar-refractivity contribution in [2.24, 2.45) is 0 Å². The highest BCUT2D eigenvalue weighted by atomic mass is 16.3. The zero-order valence-corrected chi connectivity index (χ0v) is 11.0. The monoisotopic (exact) mass is 251 g/mol. The van der Waals surface area contributed by atoms with Gasteiger partial charge in [-0.3, -0.25) is 0 Å². The van der Waals surface area contributed by atoms with Crippen molar-refractivity contribution in [2.75, 3.05) is 0 Å². The Labute approximate surface area is 114 Å². The van der Waals surface area contributed by atoms with Crippen molar-refractivity contribution in [1.29, 1.82) is 5.26 Å². The van der Waals surface area contributed by atoms with E-state index in [9.17, 15) is 5.11 Å². The molecule has 96 valence electrons. The second-order valence-electron chi connectivity index (χ2n) is 4.62. The maximum absolute atomic E-state index is 10.2. The Bertz CT molecular complexity index is 564. The van der Waals surface area contributed by atoms with Crippen LogP contribution in [-0.4, -0.2) is 5.11 Å². The quantitative estimate of drug-likeness (QED) is 0.905. The van der Waals surface area contributed by atoms with Crippen molar-refractivity contribution in [3.8, 4) is 6.07 Å². The molecule has 0 aromatic heterocycles. The number of hydrogen-bond acceptors (Lipinski definition) is 2. The standard InChI is InChI=1S/C17H17NO/c1-2-13-3-5-14(6-4-13)11-17(19)16-9-7-15(12-18)8-10-16/h3-10,17,19H,2,11H2,1H3. The van der Waals surface area contributed by atoms with Crippen LogP contribution in [0.2, 0.25) is 0 Å². The summed E-state index contributed by atoms with van der Waals surface area (Å²) in [5.74, 6) is 0. The SMILES string of the molecule is CCc1ccc(CC(O)c2ccc(C#N)cc2)cc1. The fraction of sp³-hybridized carbons (Fsp3) is 0.235. The largest absolute Gasteiger partial charge is 0.388 e. The number of rotatable bonds is 4. The van der Waals surface area contributed by atoms with Crippen LogP contribution in [0.1, 0.15) is 35.3 Å².